The standard InChI is InChI=1S/C14H10I2N2S/c1-17-9-4-2-8(3-5-9)14-18-11-7-6-10(15)12(16)13(11)19-14/h2-7,17H,1H3. The van der Waals surface area contributed by atoms with Crippen molar-refractivity contribution in [3.8, 4) is 10.6 Å². The number of hydrogen-bond acceptors (Lipinski definition) is 3. The summed E-state index contributed by atoms with van der Waals surface area (Å²) >= 11 is 6.53. The Morgan fingerprint density at radius 3 is 2.47 bits per heavy atom. The van der Waals surface area contributed by atoms with Gasteiger partial charge in [0.05, 0.1) is 10.2 Å². The van der Waals surface area contributed by atoms with Gasteiger partial charge >= 0.3 is 0 Å². The molecule has 0 aliphatic carbocycles. The van der Waals surface area contributed by atoms with Gasteiger partial charge in [0.25, 0.3) is 0 Å². The van der Waals surface area contributed by atoms with E-state index in [0.29, 0.717) is 0 Å². The number of fused-ring (bicyclic) bond motifs is 1. The van der Waals surface area contributed by atoms with Crippen LogP contribution in [-0.4, -0.2) is 12.0 Å². The molecule has 3 rings (SSSR count). The van der Waals surface area contributed by atoms with Gasteiger partial charge in [-0.1, -0.05) is 0 Å². The summed E-state index contributed by atoms with van der Waals surface area (Å²) in [6.45, 7) is 0. The van der Waals surface area contributed by atoms with Gasteiger partial charge in [-0.05, 0) is 81.6 Å². The van der Waals surface area contributed by atoms with Crippen molar-refractivity contribution >= 4 is 72.4 Å². The molecule has 2 nitrogen and oxygen atoms in total. The zero-order chi connectivity index (χ0) is 13.4. The van der Waals surface area contributed by atoms with Crippen LogP contribution in [0.2, 0.25) is 0 Å². The summed E-state index contributed by atoms with van der Waals surface area (Å²) < 4.78 is 3.86. The molecule has 3 aromatic rings. The van der Waals surface area contributed by atoms with E-state index >= 15 is 0 Å². The SMILES string of the molecule is CNc1ccc(-c2nc3ccc(I)c(I)c3s2)cc1. The maximum atomic E-state index is 4.73. The molecule has 0 aliphatic heterocycles. The third-order valence-corrected chi connectivity index (χ3v) is 7.43. The van der Waals surface area contributed by atoms with Gasteiger partial charge in [0, 0.05) is 25.4 Å². The van der Waals surface area contributed by atoms with Crippen LogP contribution in [0.15, 0.2) is 36.4 Å². The lowest BCUT2D eigenvalue weighted by Crippen LogP contribution is -1.86. The molecule has 0 amide bonds. The largest absolute Gasteiger partial charge is 0.388 e. The minimum atomic E-state index is 1.08. The molecular formula is C14H10I2N2S. The van der Waals surface area contributed by atoms with Crippen LogP contribution in [0.1, 0.15) is 0 Å². The molecule has 0 radical (unpaired) electrons. The minimum absolute atomic E-state index is 1.08. The molecule has 1 aromatic heterocycles. The molecule has 0 unspecified atom stereocenters. The van der Waals surface area contributed by atoms with Gasteiger partial charge in [0.2, 0.25) is 0 Å². The van der Waals surface area contributed by atoms with Crippen molar-refractivity contribution < 1.29 is 0 Å². The fraction of sp³-hybridized carbons (Fsp3) is 0.0714. The molecule has 0 spiro atoms. The van der Waals surface area contributed by atoms with E-state index in [-0.39, 0.29) is 0 Å². The molecule has 19 heavy (non-hydrogen) atoms. The molecule has 96 valence electrons. The predicted octanol–water partition coefficient (Wildman–Crippen LogP) is 5.21. The average molecular weight is 492 g/mol. The first-order valence-electron chi connectivity index (χ1n) is 5.72. The Morgan fingerprint density at radius 2 is 1.79 bits per heavy atom. The molecule has 5 heteroatoms. The number of rotatable bonds is 2. The number of nitrogens with one attached hydrogen (secondary N) is 1. The van der Waals surface area contributed by atoms with Crippen molar-refractivity contribution in [1.29, 1.82) is 0 Å². The first kappa shape index (κ1) is 13.6. The summed E-state index contributed by atoms with van der Waals surface area (Å²) in [5.74, 6) is 0. The zero-order valence-electron chi connectivity index (χ0n) is 10.1. The first-order chi connectivity index (χ1) is 9.19. The van der Waals surface area contributed by atoms with Crippen LogP contribution < -0.4 is 5.32 Å². The third kappa shape index (κ3) is 2.59. The summed E-state index contributed by atoms with van der Waals surface area (Å²) in [5.41, 5.74) is 3.38. The van der Waals surface area contributed by atoms with Crippen LogP contribution in [0.3, 0.4) is 0 Å². The second kappa shape index (κ2) is 5.53. The van der Waals surface area contributed by atoms with E-state index in [0.717, 1.165) is 16.2 Å². The van der Waals surface area contributed by atoms with E-state index in [9.17, 15) is 0 Å². The molecule has 0 bridgehead atoms. The predicted molar refractivity (Wildman–Crippen MR) is 100 cm³/mol. The lowest BCUT2D eigenvalue weighted by Gasteiger charge is -2.00. The summed E-state index contributed by atoms with van der Waals surface area (Å²) in [6.07, 6.45) is 0. The zero-order valence-corrected chi connectivity index (χ0v) is 15.2. The summed E-state index contributed by atoms with van der Waals surface area (Å²) in [6, 6.07) is 12.6. The first-order valence-corrected chi connectivity index (χ1v) is 8.69. The van der Waals surface area contributed by atoms with Crippen LogP contribution >= 0.6 is 56.5 Å². The highest BCUT2D eigenvalue weighted by Crippen LogP contribution is 2.35. The highest BCUT2D eigenvalue weighted by molar-refractivity contribution is 14.1. The summed E-state index contributed by atoms with van der Waals surface area (Å²) in [7, 11) is 1.93. The normalized spacial score (nSPS) is 10.9. The van der Waals surface area contributed by atoms with Crippen LogP contribution in [0, 0.1) is 7.14 Å². The maximum absolute atomic E-state index is 4.73. The van der Waals surface area contributed by atoms with Gasteiger partial charge in [-0.15, -0.1) is 11.3 Å². The van der Waals surface area contributed by atoms with Crippen molar-refractivity contribution in [3.63, 3.8) is 0 Å². The van der Waals surface area contributed by atoms with E-state index in [2.05, 4.69) is 86.9 Å². The number of halogens is 2. The van der Waals surface area contributed by atoms with Crippen LogP contribution in [0.5, 0.6) is 0 Å². The van der Waals surface area contributed by atoms with E-state index in [1.54, 1.807) is 11.3 Å². The summed E-state index contributed by atoms with van der Waals surface area (Å²) in [5, 5.41) is 4.21. The number of anilines is 1. The Kier molecular flexibility index (Phi) is 3.95. The molecule has 0 fully saturated rings. The third-order valence-electron chi connectivity index (χ3n) is 2.87. The van der Waals surface area contributed by atoms with E-state index in [1.165, 1.54) is 17.4 Å². The fourth-order valence-electron chi connectivity index (χ4n) is 1.84. The van der Waals surface area contributed by atoms with Crippen molar-refractivity contribution in [1.82, 2.24) is 4.98 Å². The minimum Gasteiger partial charge on any atom is -0.388 e. The quantitative estimate of drug-likeness (QED) is 0.497. The Balaban J connectivity index is 2.12. The number of aromatic nitrogens is 1. The molecule has 1 heterocycles. The lowest BCUT2D eigenvalue weighted by atomic mass is 10.2. The lowest BCUT2D eigenvalue weighted by molar-refractivity contribution is 1.46. The van der Waals surface area contributed by atoms with Crippen molar-refractivity contribution in [2.24, 2.45) is 0 Å². The van der Waals surface area contributed by atoms with Crippen molar-refractivity contribution in [3.05, 3.63) is 43.5 Å². The van der Waals surface area contributed by atoms with Gasteiger partial charge in [0.15, 0.2) is 0 Å². The molecule has 0 aliphatic rings. The highest BCUT2D eigenvalue weighted by Gasteiger charge is 2.10. The molecular weight excluding hydrogens is 482 g/mol. The molecule has 1 N–H and O–H groups in total. The Hall–Kier alpha value is -0.410. The van der Waals surface area contributed by atoms with E-state index < -0.39 is 0 Å². The molecule has 0 atom stereocenters. The topological polar surface area (TPSA) is 24.9 Å². The van der Waals surface area contributed by atoms with E-state index in [1.807, 2.05) is 7.05 Å². The van der Waals surface area contributed by atoms with Crippen LogP contribution in [0.4, 0.5) is 5.69 Å². The monoisotopic (exact) mass is 492 g/mol. The van der Waals surface area contributed by atoms with Crippen LogP contribution in [0.25, 0.3) is 20.8 Å². The number of hydrogen-bond donors (Lipinski definition) is 1. The molecule has 0 saturated heterocycles. The van der Waals surface area contributed by atoms with Gasteiger partial charge in [-0.3, -0.25) is 0 Å². The van der Waals surface area contributed by atoms with Crippen molar-refractivity contribution in [2.45, 2.75) is 0 Å². The van der Waals surface area contributed by atoms with Gasteiger partial charge < -0.3 is 5.32 Å². The number of nitrogens with zero attached hydrogens (tertiary/aromatic N) is 1. The van der Waals surface area contributed by atoms with Crippen LogP contribution in [-0.2, 0) is 0 Å². The molecule has 2 aromatic carbocycles. The highest BCUT2D eigenvalue weighted by atomic mass is 127. The fourth-order valence-corrected chi connectivity index (χ4v) is 4.27. The Morgan fingerprint density at radius 1 is 1.05 bits per heavy atom. The average Bonchev–Trinajstić information content (AvgIpc) is 2.88. The second-order valence-corrected chi connectivity index (χ2v) is 7.30. The van der Waals surface area contributed by atoms with Gasteiger partial charge in [-0.25, -0.2) is 4.98 Å². The molecule has 0 saturated carbocycles. The Labute approximate surface area is 142 Å². The van der Waals surface area contributed by atoms with Gasteiger partial charge in [-0.2, -0.15) is 0 Å². The summed E-state index contributed by atoms with van der Waals surface area (Å²) in [4.78, 5) is 4.73. The van der Waals surface area contributed by atoms with Crippen molar-refractivity contribution in [2.75, 3.05) is 12.4 Å². The Bertz CT molecular complexity index is 735. The maximum Gasteiger partial charge on any atom is 0.124 e. The van der Waals surface area contributed by atoms with Gasteiger partial charge in [0.1, 0.15) is 5.01 Å². The van der Waals surface area contributed by atoms with E-state index in [4.69, 9.17) is 4.98 Å². The smallest absolute Gasteiger partial charge is 0.124 e. The number of thiazole rings is 1. The number of benzene rings is 2. The second-order valence-electron chi connectivity index (χ2n) is 4.06.